The highest BCUT2D eigenvalue weighted by Gasteiger charge is 2.25. The molecule has 2 bridgehead atoms. The van der Waals surface area contributed by atoms with Crippen molar-refractivity contribution in [3.05, 3.63) is 65.9 Å². The monoisotopic (exact) mass is 566 g/mol. The molecule has 1 atom stereocenters. The van der Waals surface area contributed by atoms with Crippen LogP contribution in [-0.2, 0) is 16.1 Å². The van der Waals surface area contributed by atoms with E-state index >= 15 is 0 Å². The summed E-state index contributed by atoms with van der Waals surface area (Å²) in [6, 6.07) is 13.3. The highest BCUT2D eigenvalue weighted by atomic mass is 35.5. The molecular formula is C29H35ClN6O4. The molecule has 40 heavy (non-hydrogen) atoms. The van der Waals surface area contributed by atoms with Crippen molar-refractivity contribution in [1.82, 2.24) is 25.1 Å². The number of aromatic nitrogens is 2. The van der Waals surface area contributed by atoms with Crippen LogP contribution in [0.2, 0.25) is 5.02 Å². The number of anilines is 1. The molecule has 2 aromatic carbocycles. The molecule has 3 N–H and O–H groups in total. The Kier molecular flexibility index (Phi) is 10.0. The van der Waals surface area contributed by atoms with Crippen molar-refractivity contribution in [2.75, 3.05) is 31.6 Å². The van der Waals surface area contributed by atoms with Gasteiger partial charge in [-0.2, -0.15) is 0 Å². The van der Waals surface area contributed by atoms with Gasteiger partial charge in [0.2, 0.25) is 11.8 Å². The van der Waals surface area contributed by atoms with E-state index in [2.05, 4.69) is 20.9 Å². The number of carbonyl (C=O) groups excluding carboxylic acids is 3. The average Bonchev–Trinajstić information content (AvgIpc) is 3.39. The van der Waals surface area contributed by atoms with Crippen molar-refractivity contribution < 1.29 is 19.1 Å². The van der Waals surface area contributed by atoms with Gasteiger partial charge in [-0.3, -0.25) is 9.59 Å². The fourth-order valence-electron chi connectivity index (χ4n) is 4.47. The number of carbonyl (C=O) groups is 3. The fraction of sp³-hybridized carbons (Fsp3) is 0.379. The molecule has 1 aliphatic rings. The summed E-state index contributed by atoms with van der Waals surface area (Å²) in [6.07, 6.45) is 4.51. The van der Waals surface area contributed by atoms with Crippen molar-refractivity contribution in [3.8, 4) is 17.1 Å². The first kappa shape index (κ1) is 28.9. The Morgan fingerprint density at radius 2 is 2.00 bits per heavy atom. The number of halogens is 1. The Balaban J connectivity index is 1.56. The van der Waals surface area contributed by atoms with Gasteiger partial charge in [0.1, 0.15) is 24.2 Å². The maximum atomic E-state index is 13.2. The van der Waals surface area contributed by atoms with E-state index in [0.29, 0.717) is 49.0 Å². The van der Waals surface area contributed by atoms with E-state index in [1.807, 2.05) is 48.9 Å². The molecule has 3 aromatic rings. The predicted molar refractivity (Wildman–Crippen MR) is 154 cm³/mol. The van der Waals surface area contributed by atoms with Crippen molar-refractivity contribution >= 4 is 35.1 Å². The van der Waals surface area contributed by atoms with Crippen LogP contribution in [0.15, 0.2) is 60.9 Å². The normalized spacial score (nSPS) is 17.1. The molecule has 4 amide bonds. The van der Waals surface area contributed by atoms with Gasteiger partial charge >= 0.3 is 6.03 Å². The summed E-state index contributed by atoms with van der Waals surface area (Å²) in [5, 5.41) is 8.94. The Morgan fingerprint density at radius 3 is 2.80 bits per heavy atom. The molecule has 10 nitrogen and oxygen atoms in total. The molecule has 11 heteroatoms. The number of fused-ring (bicyclic) bond motifs is 4. The zero-order valence-corrected chi connectivity index (χ0v) is 23.5. The number of nitrogens with one attached hydrogen (secondary N) is 3. The van der Waals surface area contributed by atoms with Crippen LogP contribution in [0, 0.1) is 5.92 Å². The van der Waals surface area contributed by atoms with E-state index in [9.17, 15) is 14.4 Å². The van der Waals surface area contributed by atoms with Crippen molar-refractivity contribution in [3.63, 3.8) is 0 Å². The molecule has 0 radical (unpaired) electrons. The number of ether oxygens (including phenoxy) is 1. The Hall–Kier alpha value is -4.05. The summed E-state index contributed by atoms with van der Waals surface area (Å²) in [7, 11) is 0. The minimum atomic E-state index is -0.734. The SMILES string of the molecule is CC(C)C[C@H]1NC(=O)CN(C(=O)Nc2ccccc2Cl)CCCOc2cccc(c2)-c2nccn2CCNC1=O. The molecule has 2 heterocycles. The van der Waals surface area contributed by atoms with Gasteiger partial charge < -0.3 is 30.2 Å². The summed E-state index contributed by atoms with van der Waals surface area (Å²) < 4.78 is 7.94. The van der Waals surface area contributed by atoms with E-state index in [0.717, 1.165) is 11.4 Å². The summed E-state index contributed by atoms with van der Waals surface area (Å²) >= 11 is 6.23. The second-order valence-corrected chi connectivity index (χ2v) is 10.5. The lowest BCUT2D eigenvalue weighted by molar-refractivity contribution is -0.129. The zero-order valence-electron chi connectivity index (χ0n) is 22.7. The molecule has 0 saturated carbocycles. The lowest BCUT2D eigenvalue weighted by Crippen LogP contribution is -2.51. The number of amides is 4. The van der Waals surface area contributed by atoms with E-state index in [1.165, 1.54) is 4.90 Å². The maximum Gasteiger partial charge on any atom is 0.322 e. The van der Waals surface area contributed by atoms with E-state index in [-0.39, 0.29) is 24.9 Å². The van der Waals surface area contributed by atoms with Gasteiger partial charge in [-0.05, 0) is 43.0 Å². The van der Waals surface area contributed by atoms with E-state index in [1.54, 1.807) is 30.5 Å². The largest absolute Gasteiger partial charge is 0.494 e. The average molecular weight is 567 g/mol. The van der Waals surface area contributed by atoms with E-state index < -0.39 is 18.0 Å². The Bertz CT molecular complexity index is 1330. The van der Waals surface area contributed by atoms with Gasteiger partial charge in [0.05, 0.1) is 17.3 Å². The Labute approximate surface area is 239 Å². The number of imidazole rings is 1. The number of para-hydroxylation sites is 1. The highest BCUT2D eigenvalue weighted by molar-refractivity contribution is 6.33. The molecule has 4 rings (SSSR count). The van der Waals surface area contributed by atoms with E-state index in [4.69, 9.17) is 16.3 Å². The third-order valence-corrected chi connectivity index (χ3v) is 6.73. The van der Waals surface area contributed by atoms with Gasteiger partial charge in [0.25, 0.3) is 0 Å². The number of nitrogens with zero attached hydrogens (tertiary/aromatic N) is 3. The molecule has 0 spiro atoms. The van der Waals surface area contributed by atoms with Crippen LogP contribution < -0.4 is 20.7 Å². The lowest BCUT2D eigenvalue weighted by Gasteiger charge is -2.25. The van der Waals surface area contributed by atoms with Gasteiger partial charge in [-0.25, -0.2) is 9.78 Å². The van der Waals surface area contributed by atoms with Crippen LogP contribution in [0.3, 0.4) is 0 Å². The smallest absolute Gasteiger partial charge is 0.322 e. The molecule has 212 valence electrons. The van der Waals surface area contributed by atoms with Crippen molar-refractivity contribution in [2.24, 2.45) is 5.92 Å². The van der Waals surface area contributed by atoms with Crippen LogP contribution in [0.5, 0.6) is 5.75 Å². The second-order valence-electron chi connectivity index (χ2n) is 10.0. The molecule has 0 fully saturated rings. The summed E-state index contributed by atoms with van der Waals surface area (Å²) in [6.45, 7) is 5.18. The molecule has 1 aromatic heterocycles. The molecule has 1 aliphatic heterocycles. The topological polar surface area (TPSA) is 118 Å². The maximum absolute atomic E-state index is 13.2. The summed E-state index contributed by atoms with van der Waals surface area (Å²) in [5.41, 5.74) is 1.33. The number of hydrogen-bond acceptors (Lipinski definition) is 5. The van der Waals surface area contributed by atoms with Crippen molar-refractivity contribution in [1.29, 1.82) is 0 Å². The molecule has 0 saturated heterocycles. The Morgan fingerprint density at radius 1 is 1.18 bits per heavy atom. The van der Waals surface area contributed by atoms with Crippen LogP contribution >= 0.6 is 11.6 Å². The fourth-order valence-corrected chi connectivity index (χ4v) is 4.65. The second kappa shape index (κ2) is 13.8. The quantitative estimate of drug-likeness (QED) is 0.440. The van der Waals surface area contributed by atoms with Gasteiger partial charge in [0.15, 0.2) is 0 Å². The number of hydrogen-bond donors (Lipinski definition) is 3. The standard InChI is InChI=1S/C29H35ClN6O4/c1-20(2)17-25-28(38)32-12-15-35-14-11-31-27(35)21-7-5-8-22(18-21)40-16-6-13-36(19-26(37)33-25)29(39)34-24-10-4-3-9-23(24)30/h3-5,7-11,14,18,20,25H,6,12-13,15-17,19H2,1-2H3,(H,32,38)(H,33,37)(H,34,39)/t25-/m1/s1. The number of benzene rings is 2. The lowest BCUT2D eigenvalue weighted by atomic mass is 10.0. The first-order chi connectivity index (χ1) is 19.3. The predicted octanol–water partition coefficient (Wildman–Crippen LogP) is 4.17. The van der Waals surface area contributed by atoms with Gasteiger partial charge in [-0.1, -0.05) is 49.7 Å². The van der Waals surface area contributed by atoms with Crippen LogP contribution in [0.1, 0.15) is 26.7 Å². The third kappa shape index (κ3) is 7.98. The summed E-state index contributed by atoms with van der Waals surface area (Å²) in [5.74, 6) is 0.894. The summed E-state index contributed by atoms with van der Waals surface area (Å²) in [4.78, 5) is 45.3. The highest BCUT2D eigenvalue weighted by Crippen LogP contribution is 2.23. The number of urea groups is 1. The molecular weight excluding hydrogens is 532 g/mol. The van der Waals surface area contributed by atoms with Crippen LogP contribution in [-0.4, -0.2) is 64.6 Å². The number of rotatable bonds is 3. The van der Waals surface area contributed by atoms with Gasteiger partial charge in [-0.15, -0.1) is 0 Å². The first-order valence-electron chi connectivity index (χ1n) is 13.4. The zero-order chi connectivity index (χ0) is 28.5. The van der Waals surface area contributed by atoms with Crippen LogP contribution in [0.4, 0.5) is 10.5 Å². The molecule has 0 unspecified atom stereocenters. The minimum absolute atomic E-state index is 0.165. The third-order valence-electron chi connectivity index (χ3n) is 6.40. The minimum Gasteiger partial charge on any atom is -0.494 e. The first-order valence-corrected chi connectivity index (χ1v) is 13.8. The molecule has 0 aliphatic carbocycles. The van der Waals surface area contributed by atoms with Gasteiger partial charge in [0, 0.05) is 37.6 Å². The van der Waals surface area contributed by atoms with Crippen molar-refractivity contribution in [2.45, 2.75) is 39.3 Å². The van der Waals surface area contributed by atoms with Crippen LogP contribution in [0.25, 0.3) is 11.4 Å².